The fourth-order valence-electron chi connectivity index (χ4n) is 2.31. The number of amides is 1. The first kappa shape index (κ1) is 21.3. The zero-order valence-corrected chi connectivity index (χ0v) is 19.1. The fourth-order valence-corrected chi connectivity index (χ4v) is 4.43. The van der Waals surface area contributed by atoms with Crippen LogP contribution in [0.1, 0.15) is 16.7 Å². The third-order valence-electron chi connectivity index (χ3n) is 3.85. The molecule has 2 aromatic rings. The number of hydrogen-bond donors (Lipinski definition) is 1. The number of anilines is 1. The summed E-state index contributed by atoms with van der Waals surface area (Å²) in [4.78, 5) is 12.5. The second-order valence-corrected chi connectivity index (χ2v) is 8.00. The van der Waals surface area contributed by atoms with Crippen LogP contribution < -0.4 is 10.1 Å². The van der Waals surface area contributed by atoms with Crippen LogP contribution in [0, 0.1) is 44.7 Å². The van der Waals surface area contributed by atoms with Crippen LogP contribution in [0.3, 0.4) is 0 Å². The molecule has 0 atom stereocenters. The smallest absolute Gasteiger partial charge is 0.266 e. The minimum absolute atomic E-state index is 0.0276. The van der Waals surface area contributed by atoms with Gasteiger partial charge in [0.2, 0.25) is 0 Å². The number of hydrogen-bond acceptors (Lipinski definition) is 3. The molecule has 136 valence electrons. The number of aryl methyl sites for hydroxylation is 1. The first-order valence-corrected chi connectivity index (χ1v) is 10.1. The molecule has 1 N–H and O–H groups in total. The highest BCUT2D eigenvalue weighted by Gasteiger charge is 2.13. The molecule has 27 heavy (non-hydrogen) atoms. The summed E-state index contributed by atoms with van der Waals surface area (Å²) in [7, 11) is 0. The van der Waals surface area contributed by atoms with Gasteiger partial charge in [0.15, 0.2) is 0 Å². The average Bonchev–Trinajstić information content (AvgIpc) is 2.62. The number of nitrogens with zero attached hydrogens (tertiary/aromatic N) is 1. The Morgan fingerprint density at radius 2 is 1.96 bits per heavy atom. The maximum absolute atomic E-state index is 12.5. The molecule has 2 rings (SSSR count). The van der Waals surface area contributed by atoms with Crippen LogP contribution in [0.25, 0.3) is 6.08 Å². The van der Waals surface area contributed by atoms with Crippen molar-refractivity contribution in [3.63, 3.8) is 0 Å². The molecular weight excluding hydrogens is 566 g/mol. The van der Waals surface area contributed by atoms with Crippen molar-refractivity contribution in [1.82, 2.24) is 0 Å². The van der Waals surface area contributed by atoms with E-state index < -0.39 is 5.91 Å². The largest absolute Gasteiger partial charge is 0.479 e. The lowest BCUT2D eigenvalue weighted by atomic mass is 10.1. The number of carbonyl (C=O) groups is 1. The van der Waals surface area contributed by atoms with E-state index >= 15 is 0 Å². The maximum Gasteiger partial charge on any atom is 0.266 e. The van der Waals surface area contributed by atoms with E-state index in [1.54, 1.807) is 6.08 Å². The SMILES string of the molecule is C#CCOc1c(I)cc(/C=C(\C#N)C(=O)Nc2cccc(C)c2C)cc1I. The molecule has 0 radical (unpaired) electrons. The zero-order chi connectivity index (χ0) is 20.0. The monoisotopic (exact) mass is 582 g/mol. The van der Waals surface area contributed by atoms with E-state index in [-0.39, 0.29) is 12.2 Å². The summed E-state index contributed by atoms with van der Waals surface area (Å²) < 4.78 is 7.25. The van der Waals surface area contributed by atoms with Crippen LogP contribution in [0.15, 0.2) is 35.9 Å². The second kappa shape index (κ2) is 9.77. The number of nitrogens with one attached hydrogen (secondary N) is 1. The summed E-state index contributed by atoms with van der Waals surface area (Å²) in [6.45, 7) is 4.09. The topological polar surface area (TPSA) is 62.1 Å². The van der Waals surface area contributed by atoms with Gasteiger partial charge in [-0.05, 0) is 100.0 Å². The fraction of sp³-hybridized carbons (Fsp3) is 0.143. The standard InChI is InChI=1S/C21H16I2N2O2/c1-4-8-27-20-17(22)10-15(11-18(20)23)9-16(12-24)21(26)25-19-7-5-6-13(2)14(19)3/h1,5-7,9-11H,8H2,2-3H3,(H,25,26)/b16-9+. The molecule has 0 unspecified atom stereocenters. The number of halogens is 2. The van der Waals surface area contributed by atoms with Gasteiger partial charge in [-0.1, -0.05) is 18.1 Å². The van der Waals surface area contributed by atoms with Crippen LogP contribution in [0.5, 0.6) is 5.75 Å². The Morgan fingerprint density at radius 3 is 2.56 bits per heavy atom. The Labute approximate surface area is 186 Å². The van der Waals surface area contributed by atoms with Crippen molar-refractivity contribution >= 4 is 62.9 Å². The molecule has 2 aromatic carbocycles. The Hall–Kier alpha value is -2.04. The summed E-state index contributed by atoms with van der Waals surface area (Å²) >= 11 is 4.29. The molecule has 6 heteroatoms. The molecule has 0 aliphatic carbocycles. The summed E-state index contributed by atoms with van der Waals surface area (Å²) in [6, 6.07) is 11.3. The van der Waals surface area contributed by atoms with Crippen LogP contribution in [0.2, 0.25) is 0 Å². The van der Waals surface area contributed by atoms with Crippen molar-refractivity contribution in [3.8, 4) is 24.2 Å². The van der Waals surface area contributed by atoms with Gasteiger partial charge in [0.1, 0.15) is 24.0 Å². The predicted molar refractivity (Wildman–Crippen MR) is 124 cm³/mol. The summed E-state index contributed by atoms with van der Waals surface area (Å²) in [5, 5.41) is 12.2. The molecule has 0 fully saturated rings. The molecule has 0 aliphatic rings. The minimum atomic E-state index is -0.441. The average molecular weight is 582 g/mol. The van der Waals surface area contributed by atoms with Crippen LogP contribution in [-0.4, -0.2) is 12.5 Å². The first-order chi connectivity index (χ1) is 12.9. The quantitative estimate of drug-likeness (QED) is 0.232. The van der Waals surface area contributed by atoms with E-state index in [1.165, 1.54) is 0 Å². The van der Waals surface area contributed by atoms with Gasteiger partial charge in [0, 0.05) is 5.69 Å². The number of nitriles is 1. The summed E-state index contributed by atoms with van der Waals surface area (Å²) in [5.41, 5.74) is 3.51. The van der Waals surface area contributed by atoms with Crippen molar-refractivity contribution < 1.29 is 9.53 Å². The molecule has 0 heterocycles. The number of ether oxygens (including phenoxy) is 1. The molecule has 4 nitrogen and oxygen atoms in total. The maximum atomic E-state index is 12.5. The zero-order valence-electron chi connectivity index (χ0n) is 14.8. The minimum Gasteiger partial charge on any atom is -0.479 e. The van der Waals surface area contributed by atoms with Crippen molar-refractivity contribution in [1.29, 1.82) is 5.26 Å². The highest BCUT2D eigenvalue weighted by atomic mass is 127. The predicted octanol–water partition coefficient (Wildman–Crippen LogP) is 5.07. The molecule has 0 saturated carbocycles. The first-order valence-electron chi connectivity index (χ1n) is 7.92. The highest BCUT2D eigenvalue weighted by Crippen LogP contribution is 2.30. The third-order valence-corrected chi connectivity index (χ3v) is 5.45. The van der Waals surface area contributed by atoms with E-state index in [4.69, 9.17) is 11.2 Å². The molecular formula is C21H16I2N2O2. The lowest BCUT2D eigenvalue weighted by Crippen LogP contribution is -2.14. The van der Waals surface area contributed by atoms with Crippen LogP contribution in [0.4, 0.5) is 5.69 Å². The van der Waals surface area contributed by atoms with E-state index in [2.05, 4.69) is 56.4 Å². The molecule has 0 saturated heterocycles. The Balaban J connectivity index is 2.30. The van der Waals surface area contributed by atoms with Crippen LogP contribution in [-0.2, 0) is 4.79 Å². The van der Waals surface area contributed by atoms with Gasteiger partial charge in [-0.25, -0.2) is 0 Å². The van der Waals surface area contributed by atoms with E-state index in [0.29, 0.717) is 11.4 Å². The van der Waals surface area contributed by atoms with Gasteiger partial charge in [0.25, 0.3) is 5.91 Å². The van der Waals surface area contributed by atoms with Gasteiger partial charge in [-0.15, -0.1) is 6.42 Å². The molecule has 0 aromatic heterocycles. The normalized spacial score (nSPS) is 10.7. The number of terminal acetylenes is 1. The second-order valence-electron chi connectivity index (χ2n) is 5.68. The number of benzene rings is 2. The Bertz CT molecular complexity index is 975. The summed E-state index contributed by atoms with van der Waals surface area (Å²) in [6.07, 6.45) is 6.80. The van der Waals surface area contributed by atoms with Crippen molar-refractivity contribution in [2.45, 2.75) is 13.8 Å². The van der Waals surface area contributed by atoms with Crippen LogP contribution >= 0.6 is 45.2 Å². The number of carbonyl (C=O) groups excluding carboxylic acids is 1. The lowest BCUT2D eigenvalue weighted by Gasteiger charge is -2.11. The Kier molecular flexibility index (Phi) is 7.69. The summed E-state index contributed by atoms with van der Waals surface area (Å²) in [5.74, 6) is 2.69. The third kappa shape index (κ3) is 5.47. The van der Waals surface area contributed by atoms with E-state index in [0.717, 1.165) is 23.8 Å². The van der Waals surface area contributed by atoms with Crippen molar-refractivity contribution in [2.75, 3.05) is 11.9 Å². The number of rotatable bonds is 5. The van der Waals surface area contributed by atoms with E-state index in [1.807, 2.05) is 50.2 Å². The van der Waals surface area contributed by atoms with Gasteiger partial charge < -0.3 is 10.1 Å². The molecule has 0 aliphatic heterocycles. The molecule has 1 amide bonds. The Morgan fingerprint density at radius 1 is 1.30 bits per heavy atom. The van der Waals surface area contributed by atoms with Gasteiger partial charge in [-0.3, -0.25) is 4.79 Å². The van der Waals surface area contributed by atoms with E-state index in [9.17, 15) is 10.1 Å². The molecule has 0 spiro atoms. The lowest BCUT2D eigenvalue weighted by molar-refractivity contribution is -0.112. The van der Waals surface area contributed by atoms with Gasteiger partial charge in [-0.2, -0.15) is 5.26 Å². The highest BCUT2D eigenvalue weighted by molar-refractivity contribution is 14.1. The van der Waals surface area contributed by atoms with Gasteiger partial charge in [0.05, 0.1) is 7.14 Å². The molecule has 0 bridgehead atoms. The van der Waals surface area contributed by atoms with Crippen molar-refractivity contribution in [3.05, 3.63) is 59.7 Å². The van der Waals surface area contributed by atoms with Crippen molar-refractivity contribution in [2.24, 2.45) is 0 Å². The van der Waals surface area contributed by atoms with Gasteiger partial charge >= 0.3 is 0 Å².